The standard InChI is InChI=1S/C28H30ClN3O5S2/c1-20-10-11-21(29)17-25(20)32(39(36,37)23-8-4-3-5-9-23)22(7-6-16-38(2,34)35)19-31-26-18-30-15-12-24(26)28(13-14-28)27(31)33/h3-5,8-12,15,17-18,22H,6-7,13-14,16,19H2,1-2H3. The Morgan fingerprint density at radius 2 is 1.79 bits per heavy atom. The molecule has 11 heteroatoms. The van der Waals surface area contributed by atoms with Crippen LogP contribution in [0.5, 0.6) is 0 Å². The first kappa shape index (κ1) is 27.6. The minimum atomic E-state index is -4.14. The van der Waals surface area contributed by atoms with Gasteiger partial charge in [0.1, 0.15) is 9.84 Å². The third kappa shape index (κ3) is 5.29. The summed E-state index contributed by atoms with van der Waals surface area (Å²) >= 11 is 6.36. The Morgan fingerprint density at radius 1 is 1.08 bits per heavy atom. The summed E-state index contributed by atoms with van der Waals surface area (Å²) in [5.41, 5.74) is 2.07. The fourth-order valence-corrected chi connectivity index (χ4v) is 8.01. The minimum absolute atomic E-state index is 0.0427. The Labute approximate surface area is 234 Å². The molecule has 3 aromatic rings. The average molecular weight is 588 g/mol. The van der Waals surface area contributed by atoms with Crippen LogP contribution in [0.25, 0.3) is 0 Å². The van der Waals surface area contributed by atoms with Crippen molar-refractivity contribution in [2.24, 2.45) is 0 Å². The summed E-state index contributed by atoms with van der Waals surface area (Å²) in [5.74, 6) is -0.175. The van der Waals surface area contributed by atoms with Gasteiger partial charge in [-0.05, 0) is 74.1 Å². The average Bonchev–Trinajstić information content (AvgIpc) is 3.66. The van der Waals surface area contributed by atoms with Gasteiger partial charge in [-0.15, -0.1) is 0 Å². The lowest BCUT2D eigenvalue weighted by atomic mass is 9.99. The van der Waals surface area contributed by atoms with E-state index in [4.69, 9.17) is 11.6 Å². The normalized spacial score (nSPS) is 16.8. The second-order valence-corrected chi connectivity index (χ2v) is 14.9. The number of carbonyl (C=O) groups is 1. The van der Waals surface area contributed by atoms with Crippen molar-refractivity contribution >= 4 is 48.7 Å². The van der Waals surface area contributed by atoms with Crippen LogP contribution in [0.15, 0.2) is 71.9 Å². The van der Waals surface area contributed by atoms with E-state index in [1.54, 1.807) is 60.6 Å². The van der Waals surface area contributed by atoms with Crippen LogP contribution in [0.2, 0.25) is 5.02 Å². The van der Waals surface area contributed by atoms with Gasteiger partial charge in [0.05, 0.1) is 33.9 Å². The van der Waals surface area contributed by atoms with Crippen molar-refractivity contribution in [3.63, 3.8) is 0 Å². The smallest absolute Gasteiger partial charge is 0.264 e. The summed E-state index contributed by atoms with van der Waals surface area (Å²) < 4.78 is 53.9. The van der Waals surface area contributed by atoms with E-state index in [1.165, 1.54) is 16.4 Å². The molecule has 206 valence electrons. The highest BCUT2D eigenvalue weighted by Gasteiger charge is 2.59. The number of pyridine rings is 1. The number of aryl methyl sites for hydroxylation is 1. The van der Waals surface area contributed by atoms with Crippen molar-refractivity contribution < 1.29 is 21.6 Å². The molecule has 5 rings (SSSR count). The monoisotopic (exact) mass is 587 g/mol. The molecule has 1 aromatic heterocycles. The summed E-state index contributed by atoms with van der Waals surface area (Å²) in [6.45, 7) is 1.84. The number of benzene rings is 2. The summed E-state index contributed by atoms with van der Waals surface area (Å²) in [6, 6.07) is 14.2. The number of fused-ring (bicyclic) bond motifs is 2. The summed E-state index contributed by atoms with van der Waals surface area (Å²) in [7, 11) is -7.42. The number of aromatic nitrogens is 1. The predicted molar refractivity (Wildman–Crippen MR) is 153 cm³/mol. The highest BCUT2D eigenvalue weighted by molar-refractivity contribution is 7.93. The van der Waals surface area contributed by atoms with Crippen molar-refractivity contribution in [1.82, 2.24) is 4.98 Å². The molecule has 2 heterocycles. The number of sulfonamides is 1. The van der Waals surface area contributed by atoms with Gasteiger partial charge in [0.25, 0.3) is 10.0 Å². The zero-order chi connectivity index (χ0) is 28.0. The van der Waals surface area contributed by atoms with Crippen molar-refractivity contribution in [1.29, 1.82) is 0 Å². The van der Waals surface area contributed by atoms with Crippen molar-refractivity contribution in [3.05, 3.63) is 83.1 Å². The molecule has 0 saturated heterocycles. The number of amides is 1. The lowest BCUT2D eigenvalue weighted by Crippen LogP contribution is -2.49. The molecule has 1 aliphatic heterocycles. The van der Waals surface area contributed by atoms with Crippen molar-refractivity contribution in [3.8, 4) is 0 Å². The SMILES string of the molecule is Cc1ccc(Cl)cc1N(C(CCCS(C)(=O)=O)CN1C(=O)C2(CC2)c2ccncc21)S(=O)(=O)c1ccccc1. The molecular weight excluding hydrogens is 558 g/mol. The molecule has 0 bridgehead atoms. The first-order valence-electron chi connectivity index (χ1n) is 12.7. The lowest BCUT2D eigenvalue weighted by molar-refractivity contribution is -0.120. The first-order valence-corrected chi connectivity index (χ1v) is 16.6. The molecule has 2 aromatic carbocycles. The molecule has 0 N–H and O–H groups in total. The topological polar surface area (TPSA) is 105 Å². The van der Waals surface area contributed by atoms with E-state index in [0.29, 0.717) is 22.0 Å². The molecule has 1 spiro atoms. The van der Waals surface area contributed by atoms with E-state index in [2.05, 4.69) is 4.98 Å². The highest BCUT2D eigenvalue weighted by Crippen LogP contribution is 2.57. The number of hydrogen-bond acceptors (Lipinski definition) is 6. The minimum Gasteiger partial charge on any atom is -0.308 e. The number of nitrogens with zero attached hydrogens (tertiary/aromatic N) is 3. The molecule has 1 atom stereocenters. The molecule has 1 fully saturated rings. The van der Waals surface area contributed by atoms with Crippen molar-refractivity contribution in [2.45, 2.75) is 49.0 Å². The van der Waals surface area contributed by atoms with Crippen LogP contribution in [0, 0.1) is 6.92 Å². The summed E-state index contributed by atoms with van der Waals surface area (Å²) in [5, 5.41) is 0.363. The van der Waals surface area contributed by atoms with Gasteiger partial charge in [0, 0.05) is 29.8 Å². The van der Waals surface area contributed by atoms with Crippen LogP contribution < -0.4 is 9.21 Å². The van der Waals surface area contributed by atoms with Crippen LogP contribution >= 0.6 is 11.6 Å². The Bertz CT molecular complexity index is 1620. The Morgan fingerprint density at radius 3 is 2.46 bits per heavy atom. The van der Waals surface area contributed by atoms with E-state index in [9.17, 15) is 21.6 Å². The van der Waals surface area contributed by atoms with Gasteiger partial charge in [-0.1, -0.05) is 35.9 Å². The van der Waals surface area contributed by atoms with Crippen LogP contribution in [-0.2, 0) is 30.1 Å². The summed E-state index contributed by atoms with van der Waals surface area (Å²) in [6.07, 6.45) is 6.36. The van der Waals surface area contributed by atoms with Gasteiger partial charge in [-0.3, -0.25) is 14.1 Å². The number of halogens is 1. The predicted octanol–water partition coefficient (Wildman–Crippen LogP) is 4.51. The number of rotatable bonds is 10. The lowest BCUT2D eigenvalue weighted by Gasteiger charge is -2.36. The van der Waals surface area contributed by atoms with Crippen molar-refractivity contribution in [2.75, 3.05) is 27.8 Å². The molecule has 1 unspecified atom stereocenters. The third-order valence-corrected chi connectivity index (χ3v) is 10.6. The first-order chi connectivity index (χ1) is 18.4. The Balaban J connectivity index is 1.63. The number of carbonyl (C=O) groups excluding carboxylic acids is 1. The Hall–Kier alpha value is -2.95. The van der Waals surface area contributed by atoms with Gasteiger partial charge in [0.2, 0.25) is 5.91 Å². The molecule has 0 radical (unpaired) electrons. The van der Waals surface area contributed by atoms with Crippen LogP contribution in [0.3, 0.4) is 0 Å². The molecule has 1 amide bonds. The van der Waals surface area contributed by atoms with E-state index in [-0.39, 0.29) is 35.9 Å². The molecule has 2 aliphatic rings. The highest BCUT2D eigenvalue weighted by atomic mass is 35.5. The maximum absolute atomic E-state index is 14.3. The third-order valence-electron chi connectivity index (χ3n) is 7.50. The molecule has 8 nitrogen and oxygen atoms in total. The van der Waals surface area contributed by atoms with Gasteiger partial charge in [-0.25, -0.2) is 16.8 Å². The zero-order valence-corrected chi connectivity index (χ0v) is 24.1. The van der Waals surface area contributed by atoms with E-state index < -0.39 is 31.3 Å². The molecule has 39 heavy (non-hydrogen) atoms. The second-order valence-electron chi connectivity index (χ2n) is 10.4. The second kappa shape index (κ2) is 10.2. The molecule has 1 saturated carbocycles. The van der Waals surface area contributed by atoms with Gasteiger partial charge >= 0.3 is 0 Å². The fraction of sp³-hybridized carbons (Fsp3) is 0.357. The number of sulfone groups is 1. The summed E-state index contributed by atoms with van der Waals surface area (Å²) in [4.78, 5) is 19.7. The molecular formula is C28H30ClN3O5S2. The maximum atomic E-state index is 14.3. The van der Waals surface area contributed by atoms with E-state index in [1.807, 2.05) is 6.07 Å². The van der Waals surface area contributed by atoms with E-state index >= 15 is 0 Å². The van der Waals surface area contributed by atoms with E-state index in [0.717, 1.165) is 24.7 Å². The number of anilines is 2. The van der Waals surface area contributed by atoms with Crippen LogP contribution in [-0.4, -0.2) is 52.3 Å². The molecule has 1 aliphatic carbocycles. The number of hydrogen-bond donors (Lipinski definition) is 0. The zero-order valence-electron chi connectivity index (χ0n) is 21.7. The van der Waals surface area contributed by atoms with Gasteiger partial charge in [0.15, 0.2) is 0 Å². The maximum Gasteiger partial charge on any atom is 0.264 e. The largest absolute Gasteiger partial charge is 0.308 e. The fourth-order valence-electron chi connectivity index (χ4n) is 5.40. The quantitative estimate of drug-likeness (QED) is 0.346. The van der Waals surface area contributed by atoms with Gasteiger partial charge in [-0.2, -0.15) is 0 Å². The Kier molecular flexibility index (Phi) is 7.24. The van der Waals surface area contributed by atoms with Gasteiger partial charge < -0.3 is 4.90 Å². The van der Waals surface area contributed by atoms with Crippen LogP contribution in [0.1, 0.15) is 36.8 Å². The van der Waals surface area contributed by atoms with Crippen LogP contribution in [0.4, 0.5) is 11.4 Å².